The summed E-state index contributed by atoms with van der Waals surface area (Å²) in [5.41, 5.74) is 4.00. The minimum Gasteiger partial charge on any atom is -0.494 e. The molecule has 0 aromatic heterocycles. The van der Waals surface area contributed by atoms with Crippen LogP contribution >= 0.6 is 0 Å². The van der Waals surface area contributed by atoms with E-state index in [-0.39, 0.29) is 12.1 Å². The van der Waals surface area contributed by atoms with Gasteiger partial charge in [-0.05, 0) is 38.7 Å². The lowest BCUT2D eigenvalue weighted by Gasteiger charge is -2.28. The minimum atomic E-state index is -0.0183. The molecule has 2 atom stereocenters. The third kappa shape index (κ3) is 3.47. The molecule has 0 saturated heterocycles. The van der Waals surface area contributed by atoms with Crippen molar-refractivity contribution < 1.29 is 9.47 Å². The Bertz CT molecular complexity index is 393. The molecule has 0 bridgehead atoms. The lowest BCUT2D eigenvalue weighted by atomic mass is 9.97. The highest BCUT2D eigenvalue weighted by Crippen LogP contribution is 2.41. The number of para-hydroxylation sites is 1. The molecule has 3 N–H and O–H groups in total. The number of nitrogens with one attached hydrogen (secondary N) is 1. The Labute approximate surface area is 115 Å². The molecule has 1 saturated carbocycles. The summed E-state index contributed by atoms with van der Waals surface area (Å²) in [4.78, 5) is 0. The highest BCUT2D eigenvalue weighted by Gasteiger charge is 2.38. The Balaban J connectivity index is 2.24. The van der Waals surface area contributed by atoms with Gasteiger partial charge in [0.25, 0.3) is 0 Å². The second-order valence-corrected chi connectivity index (χ2v) is 4.87. The predicted molar refractivity (Wildman–Crippen MR) is 75.8 cm³/mol. The van der Waals surface area contributed by atoms with Gasteiger partial charge in [-0.3, -0.25) is 11.3 Å². The van der Waals surface area contributed by atoms with Gasteiger partial charge in [-0.1, -0.05) is 18.2 Å². The summed E-state index contributed by atoms with van der Waals surface area (Å²) in [5.74, 6) is 7.28. The summed E-state index contributed by atoms with van der Waals surface area (Å²) in [6.45, 7) is 5.37. The first-order valence-corrected chi connectivity index (χ1v) is 7.11. The number of hydrazine groups is 1. The molecule has 1 fully saturated rings. The standard InChI is InChI=1S/C15H24N2O2/c1-3-18-13-8-6-5-7-12(13)14(17-16)15(19-4-2)11-9-10-11/h5-8,11,14-15,17H,3-4,9-10,16H2,1-2H3. The van der Waals surface area contributed by atoms with Crippen molar-refractivity contribution in [3.8, 4) is 5.75 Å². The molecule has 1 aliphatic carbocycles. The van der Waals surface area contributed by atoms with Crippen molar-refractivity contribution in [2.75, 3.05) is 13.2 Å². The minimum absolute atomic E-state index is 0.0183. The van der Waals surface area contributed by atoms with Gasteiger partial charge in [-0.15, -0.1) is 0 Å². The quantitative estimate of drug-likeness (QED) is 0.559. The van der Waals surface area contributed by atoms with Gasteiger partial charge in [-0.2, -0.15) is 0 Å². The number of hydrogen-bond donors (Lipinski definition) is 2. The Morgan fingerprint density at radius 1 is 1.26 bits per heavy atom. The largest absolute Gasteiger partial charge is 0.494 e. The van der Waals surface area contributed by atoms with Crippen molar-refractivity contribution in [2.24, 2.45) is 11.8 Å². The molecular weight excluding hydrogens is 240 g/mol. The lowest BCUT2D eigenvalue weighted by molar-refractivity contribution is 0.0178. The van der Waals surface area contributed by atoms with Crippen LogP contribution in [0.1, 0.15) is 38.3 Å². The molecule has 1 aromatic carbocycles. The molecule has 0 radical (unpaired) electrons. The highest BCUT2D eigenvalue weighted by molar-refractivity contribution is 5.37. The van der Waals surface area contributed by atoms with Crippen LogP contribution in [-0.4, -0.2) is 19.3 Å². The van der Waals surface area contributed by atoms with E-state index in [1.165, 1.54) is 12.8 Å². The van der Waals surface area contributed by atoms with E-state index in [1.54, 1.807) is 0 Å². The fraction of sp³-hybridized carbons (Fsp3) is 0.600. The molecule has 0 aliphatic heterocycles. The summed E-state index contributed by atoms with van der Waals surface area (Å²) < 4.78 is 11.6. The average Bonchev–Trinajstić information content (AvgIpc) is 3.25. The Morgan fingerprint density at radius 2 is 2.00 bits per heavy atom. The Kier molecular flexibility index (Phi) is 5.19. The van der Waals surface area contributed by atoms with Crippen molar-refractivity contribution in [3.63, 3.8) is 0 Å². The van der Waals surface area contributed by atoms with E-state index < -0.39 is 0 Å². The molecule has 4 heteroatoms. The van der Waals surface area contributed by atoms with Gasteiger partial charge in [-0.25, -0.2) is 0 Å². The lowest BCUT2D eigenvalue weighted by Crippen LogP contribution is -2.39. The van der Waals surface area contributed by atoms with Gasteiger partial charge in [0.15, 0.2) is 0 Å². The van der Waals surface area contributed by atoms with E-state index in [0.29, 0.717) is 19.1 Å². The maximum absolute atomic E-state index is 5.91. The molecule has 2 rings (SSSR count). The first-order valence-electron chi connectivity index (χ1n) is 7.11. The molecule has 0 amide bonds. The van der Waals surface area contributed by atoms with Crippen molar-refractivity contribution >= 4 is 0 Å². The van der Waals surface area contributed by atoms with Crippen LogP contribution in [0.2, 0.25) is 0 Å². The fourth-order valence-electron chi connectivity index (χ4n) is 2.51. The number of nitrogens with two attached hydrogens (primary N) is 1. The van der Waals surface area contributed by atoms with E-state index in [0.717, 1.165) is 11.3 Å². The molecule has 4 nitrogen and oxygen atoms in total. The summed E-state index contributed by atoms with van der Waals surface area (Å²) in [5, 5.41) is 0. The summed E-state index contributed by atoms with van der Waals surface area (Å²) in [6, 6.07) is 8.02. The second kappa shape index (κ2) is 6.89. The van der Waals surface area contributed by atoms with E-state index in [2.05, 4.69) is 11.5 Å². The molecule has 19 heavy (non-hydrogen) atoms. The molecular formula is C15H24N2O2. The zero-order valence-corrected chi connectivity index (χ0v) is 11.8. The van der Waals surface area contributed by atoms with Crippen molar-refractivity contribution in [1.29, 1.82) is 0 Å². The van der Waals surface area contributed by atoms with Crippen LogP contribution in [0.15, 0.2) is 24.3 Å². The first kappa shape index (κ1) is 14.3. The SMILES string of the molecule is CCOc1ccccc1C(NN)C(OCC)C1CC1. The van der Waals surface area contributed by atoms with E-state index in [1.807, 2.05) is 32.0 Å². The third-order valence-corrected chi connectivity index (χ3v) is 3.51. The van der Waals surface area contributed by atoms with Crippen LogP contribution < -0.4 is 16.0 Å². The zero-order valence-electron chi connectivity index (χ0n) is 11.8. The molecule has 1 aromatic rings. The number of benzene rings is 1. The normalized spacial score (nSPS) is 18.1. The van der Waals surface area contributed by atoms with Crippen LogP contribution in [0.25, 0.3) is 0 Å². The van der Waals surface area contributed by atoms with Crippen LogP contribution in [0.3, 0.4) is 0 Å². The monoisotopic (exact) mass is 264 g/mol. The van der Waals surface area contributed by atoms with E-state index in [4.69, 9.17) is 15.3 Å². The van der Waals surface area contributed by atoms with Gasteiger partial charge < -0.3 is 9.47 Å². The summed E-state index contributed by atoms with van der Waals surface area (Å²) in [7, 11) is 0. The predicted octanol–water partition coefficient (Wildman–Crippen LogP) is 2.40. The smallest absolute Gasteiger partial charge is 0.124 e. The zero-order chi connectivity index (χ0) is 13.7. The van der Waals surface area contributed by atoms with Gasteiger partial charge in [0, 0.05) is 12.2 Å². The van der Waals surface area contributed by atoms with Crippen LogP contribution in [0, 0.1) is 5.92 Å². The molecule has 106 valence electrons. The Morgan fingerprint density at radius 3 is 2.58 bits per heavy atom. The van der Waals surface area contributed by atoms with Crippen LogP contribution in [0.4, 0.5) is 0 Å². The fourth-order valence-corrected chi connectivity index (χ4v) is 2.51. The maximum Gasteiger partial charge on any atom is 0.124 e. The second-order valence-electron chi connectivity index (χ2n) is 4.87. The van der Waals surface area contributed by atoms with Gasteiger partial charge in [0.2, 0.25) is 0 Å². The molecule has 0 heterocycles. The third-order valence-electron chi connectivity index (χ3n) is 3.51. The van der Waals surface area contributed by atoms with E-state index >= 15 is 0 Å². The van der Waals surface area contributed by atoms with Crippen molar-refractivity contribution in [3.05, 3.63) is 29.8 Å². The van der Waals surface area contributed by atoms with Crippen LogP contribution in [-0.2, 0) is 4.74 Å². The summed E-state index contributed by atoms with van der Waals surface area (Å²) >= 11 is 0. The number of hydrogen-bond acceptors (Lipinski definition) is 4. The van der Waals surface area contributed by atoms with Gasteiger partial charge >= 0.3 is 0 Å². The highest BCUT2D eigenvalue weighted by atomic mass is 16.5. The Hall–Kier alpha value is -1.10. The molecule has 2 unspecified atom stereocenters. The molecule has 0 spiro atoms. The first-order chi connectivity index (χ1) is 9.31. The summed E-state index contributed by atoms with van der Waals surface area (Å²) in [6.07, 6.45) is 2.57. The van der Waals surface area contributed by atoms with Crippen LogP contribution in [0.5, 0.6) is 5.75 Å². The molecule has 1 aliphatic rings. The maximum atomic E-state index is 5.91. The number of ether oxygens (including phenoxy) is 2. The average molecular weight is 264 g/mol. The van der Waals surface area contributed by atoms with Crippen molar-refractivity contribution in [2.45, 2.75) is 38.8 Å². The van der Waals surface area contributed by atoms with Gasteiger partial charge in [0.1, 0.15) is 5.75 Å². The van der Waals surface area contributed by atoms with Gasteiger partial charge in [0.05, 0.1) is 18.8 Å². The van der Waals surface area contributed by atoms with E-state index in [9.17, 15) is 0 Å². The van der Waals surface area contributed by atoms with Crippen molar-refractivity contribution in [1.82, 2.24) is 5.43 Å². The topological polar surface area (TPSA) is 56.5 Å². The number of rotatable bonds is 8.